The highest BCUT2D eigenvalue weighted by molar-refractivity contribution is 5.11. The van der Waals surface area contributed by atoms with Gasteiger partial charge in [0.2, 0.25) is 0 Å². The number of aliphatic hydroxyl groups is 1. The molecule has 3 nitrogen and oxygen atoms in total. The van der Waals surface area contributed by atoms with E-state index in [-0.39, 0.29) is 0 Å². The van der Waals surface area contributed by atoms with Gasteiger partial charge < -0.3 is 15.8 Å². The van der Waals surface area contributed by atoms with Gasteiger partial charge in [0, 0.05) is 12.4 Å². The zero-order valence-corrected chi connectivity index (χ0v) is 5.75. The zero-order chi connectivity index (χ0) is 7.40. The molecule has 0 aliphatic carbocycles. The molecule has 0 aliphatic heterocycles. The van der Waals surface area contributed by atoms with Gasteiger partial charge in [-0.25, -0.2) is 0 Å². The first-order valence-electron chi connectivity index (χ1n) is 3.35. The van der Waals surface area contributed by atoms with Crippen LogP contribution in [0, 0.1) is 0 Å². The second-order valence-electron chi connectivity index (χ2n) is 2.24. The lowest BCUT2D eigenvalue weighted by atomic mass is 10.1. The molecule has 0 aromatic carbocycles. The summed E-state index contributed by atoms with van der Waals surface area (Å²) in [6.07, 6.45) is 3.78. The molecule has 0 spiro atoms. The van der Waals surface area contributed by atoms with Crippen LogP contribution in [0.5, 0.6) is 0 Å². The van der Waals surface area contributed by atoms with Crippen LogP contribution in [0.15, 0.2) is 18.5 Å². The highest BCUT2D eigenvalue weighted by atomic mass is 16.3. The number of H-pyrrole nitrogens is 1. The van der Waals surface area contributed by atoms with E-state index in [1.54, 1.807) is 12.4 Å². The Morgan fingerprint density at radius 1 is 1.70 bits per heavy atom. The average Bonchev–Trinajstić information content (AvgIpc) is 2.38. The van der Waals surface area contributed by atoms with E-state index in [2.05, 4.69) is 4.98 Å². The number of nitrogens with one attached hydrogen (secondary N) is 1. The van der Waals surface area contributed by atoms with Crippen molar-refractivity contribution in [1.29, 1.82) is 0 Å². The monoisotopic (exact) mass is 140 g/mol. The molecule has 1 aromatic heterocycles. The predicted octanol–water partition coefficient (Wildman–Crippen LogP) is 0.397. The number of aromatic amines is 1. The van der Waals surface area contributed by atoms with Crippen LogP contribution in [0.25, 0.3) is 0 Å². The van der Waals surface area contributed by atoms with Crippen molar-refractivity contribution in [2.75, 3.05) is 6.54 Å². The SMILES string of the molecule is NCC[C@@H](O)c1cc[nH]c1. The first-order valence-corrected chi connectivity index (χ1v) is 3.35. The Balaban J connectivity index is 2.50. The molecule has 0 fully saturated rings. The Labute approximate surface area is 59.9 Å². The summed E-state index contributed by atoms with van der Waals surface area (Å²) in [7, 11) is 0. The van der Waals surface area contributed by atoms with Gasteiger partial charge in [-0.3, -0.25) is 0 Å². The smallest absolute Gasteiger partial charge is 0.0816 e. The van der Waals surface area contributed by atoms with E-state index in [1.165, 1.54) is 0 Å². The Morgan fingerprint density at radius 2 is 2.50 bits per heavy atom. The molecule has 0 saturated heterocycles. The highest BCUT2D eigenvalue weighted by Gasteiger charge is 2.04. The maximum atomic E-state index is 9.31. The van der Waals surface area contributed by atoms with E-state index in [4.69, 9.17) is 5.73 Å². The van der Waals surface area contributed by atoms with Gasteiger partial charge in [-0.05, 0) is 24.6 Å². The molecular weight excluding hydrogens is 128 g/mol. The lowest BCUT2D eigenvalue weighted by Gasteiger charge is -2.04. The van der Waals surface area contributed by atoms with Crippen molar-refractivity contribution in [3.63, 3.8) is 0 Å². The van der Waals surface area contributed by atoms with Crippen molar-refractivity contribution in [3.8, 4) is 0 Å². The molecule has 0 aliphatic rings. The fraction of sp³-hybridized carbons (Fsp3) is 0.429. The van der Waals surface area contributed by atoms with Crippen LogP contribution in [0.3, 0.4) is 0 Å². The fourth-order valence-corrected chi connectivity index (χ4v) is 0.869. The van der Waals surface area contributed by atoms with E-state index in [1.807, 2.05) is 6.07 Å². The summed E-state index contributed by atoms with van der Waals surface area (Å²) in [5, 5.41) is 9.31. The summed E-state index contributed by atoms with van der Waals surface area (Å²) in [6, 6.07) is 1.85. The summed E-state index contributed by atoms with van der Waals surface area (Å²) in [6.45, 7) is 0.520. The molecule has 0 unspecified atom stereocenters. The molecule has 1 heterocycles. The number of aliphatic hydroxyl groups excluding tert-OH is 1. The minimum absolute atomic E-state index is 0.406. The van der Waals surface area contributed by atoms with Gasteiger partial charge in [-0.15, -0.1) is 0 Å². The Hall–Kier alpha value is -0.800. The van der Waals surface area contributed by atoms with Crippen LogP contribution in [0.4, 0.5) is 0 Å². The number of hydrogen-bond acceptors (Lipinski definition) is 2. The largest absolute Gasteiger partial charge is 0.388 e. The maximum absolute atomic E-state index is 9.31. The minimum Gasteiger partial charge on any atom is -0.388 e. The van der Waals surface area contributed by atoms with Crippen LogP contribution in [-0.2, 0) is 0 Å². The van der Waals surface area contributed by atoms with Gasteiger partial charge >= 0.3 is 0 Å². The van der Waals surface area contributed by atoms with Gasteiger partial charge in [0.15, 0.2) is 0 Å². The van der Waals surface area contributed by atoms with Crippen molar-refractivity contribution in [2.45, 2.75) is 12.5 Å². The summed E-state index contributed by atoms with van der Waals surface area (Å²) in [4.78, 5) is 2.87. The van der Waals surface area contributed by atoms with Crippen LogP contribution in [0.2, 0.25) is 0 Å². The van der Waals surface area contributed by atoms with E-state index in [9.17, 15) is 5.11 Å². The predicted molar refractivity (Wildman–Crippen MR) is 39.4 cm³/mol. The standard InChI is InChI=1S/C7H12N2O/c8-3-1-7(10)6-2-4-9-5-6/h2,4-5,7,9-10H,1,3,8H2/t7-/m1/s1. The number of rotatable bonds is 3. The third-order valence-corrected chi connectivity index (χ3v) is 1.45. The van der Waals surface area contributed by atoms with Crippen molar-refractivity contribution in [1.82, 2.24) is 4.98 Å². The third kappa shape index (κ3) is 1.59. The summed E-state index contributed by atoms with van der Waals surface area (Å²) in [5.41, 5.74) is 6.17. The summed E-state index contributed by atoms with van der Waals surface area (Å²) >= 11 is 0. The molecule has 56 valence electrons. The van der Waals surface area contributed by atoms with Gasteiger partial charge in [-0.2, -0.15) is 0 Å². The Morgan fingerprint density at radius 3 is 3.00 bits per heavy atom. The van der Waals surface area contributed by atoms with E-state index >= 15 is 0 Å². The Kier molecular flexibility index (Phi) is 2.48. The number of nitrogens with two attached hydrogens (primary N) is 1. The van der Waals surface area contributed by atoms with Crippen LogP contribution in [-0.4, -0.2) is 16.6 Å². The Bertz CT molecular complexity index is 172. The van der Waals surface area contributed by atoms with Crippen molar-refractivity contribution < 1.29 is 5.11 Å². The lowest BCUT2D eigenvalue weighted by molar-refractivity contribution is 0.170. The topological polar surface area (TPSA) is 62.0 Å². The van der Waals surface area contributed by atoms with Crippen molar-refractivity contribution in [3.05, 3.63) is 24.0 Å². The second kappa shape index (κ2) is 3.39. The molecule has 0 radical (unpaired) electrons. The van der Waals surface area contributed by atoms with E-state index in [0.717, 1.165) is 5.56 Å². The lowest BCUT2D eigenvalue weighted by Crippen LogP contribution is -2.05. The van der Waals surface area contributed by atoms with Gasteiger partial charge in [0.1, 0.15) is 0 Å². The number of hydrogen-bond donors (Lipinski definition) is 3. The zero-order valence-electron chi connectivity index (χ0n) is 5.75. The molecule has 1 atom stereocenters. The average molecular weight is 140 g/mol. The van der Waals surface area contributed by atoms with E-state index in [0.29, 0.717) is 13.0 Å². The molecule has 1 rings (SSSR count). The van der Waals surface area contributed by atoms with Crippen LogP contribution in [0.1, 0.15) is 18.1 Å². The van der Waals surface area contributed by atoms with Gasteiger partial charge in [0.25, 0.3) is 0 Å². The molecule has 1 aromatic rings. The molecule has 10 heavy (non-hydrogen) atoms. The van der Waals surface area contributed by atoms with Crippen molar-refractivity contribution >= 4 is 0 Å². The highest BCUT2D eigenvalue weighted by Crippen LogP contribution is 2.13. The minimum atomic E-state index is -0.406. The molecule has 3 heteroatoms. The first kappa shape index (κ1) is 7.31. The van der Waals surface area contributed by atoms with Gasteiger partial charge in [-0.1, -0.05) is 0 Å². The fourth-order valence-electron chi connectivity index (χ4n) is 0.869. The normalized spacial score (nSPS) is 13.4. The quantitative estimate of drug-likeness (QED) is 0.569. The molecular formula is C7H12N2O. The molecule has 0 saturated carbocycles. The molecule has 4 N–H and O–H groups in total. The maximum Gasteiger partial charge on any atom is 0.0816 e. The summed E-state index contributed by atoms with van der Waals surface area (Å²) in [5.74, 6) is 0. The third-order valence-electron chi connectivity index (χ3n) is 1.45. The van der Waals surface area contributed by atoms with Gasteiger partial charge in [0.05, 0.1) is 6.10 Å². The van der Waals surface area contributed by atoms with Crippen LogP contribution < -0.4 is 5.73 Å². The van der Waals surface area contributed by atoms with E-state index < -0.39 is 6.10 Å². The molecule has 0 bridgehead atoms. The van der Waals surface area contributed by atoms with Crippen LogP contribution >= 0.6 is 0 Å². The second-order valence-corrected chi connectivity index (χ2v) is 2.24. The molecule has 0 amide bonds. The number of aromatic nitrogens is 1. The van der Waals surface area contributed by atoms with Crippen molar-refractivity contribution in [2.24, 2.45) is 5.73 Å². The summed E-state index contributed by atoms with van der Waals surface area (Å²) < 4.78 is 0. The first-order chi connectivity index (χ1) is 4.84.